The predicted octanol–water partition coefficient (Wildman–Crippen LogP) is 4.69. The van der Waals surface area contributed by atoms with Gasteiger partial charge in [-0.3, -0.25) is 4.79 Å². The Bertz CT molecular complexity index is 816. The van der Waals surface area contributed by atoms with Crippen molar-refractivity contribution in [2.24, 2.45) is 11.8 Å². The number of carbonyl (C=O) groups is 1. The van der Waals surface area contributed by atoms with Crippen LogP contribution in [0.5, 0.6) is 11.5 Å². The fourth-order valence-corrected chi connectivity index (χ4v) is 2.98. The van der Waals surface area contributed by atoms with Gasteiger partial charge in [0, 0.05) is 11.5 Å². The van der Waals surface area contributed by atoms with Crippen LogP contribution in [0.4, 0.5) is 4.39 Å². The highest BCUT2D eigenvalue weighted by atomic mass is 19.1. The van der Waals surface area contributed by atoms with Gasteiger partial charge in [-0.1, -0.05) is 6.07 Å². The first-order valence-electron chi connectivity index (χ1n) is 8.78. The number of aliphatic carboxylic acids is 1. The summed E-state index contributed by atoms with van der Waals surface area (Å²) in [5, 5.41) is 8.94. The van der Waals surface area contributed by atoms with Crippen LogP contribution in [0.15, 0.2) is 36.4 Å². The molecule has 0 unspecified atom stereocenters. The van der Waals surface area contributed by atoms with Gasteiger partial charge in [-0.05, 0) is 68.7 Å². The maximum absolute atomic E-state index is 14.3. The first-order valence-corrected chi connectivity index (χ1v) is 8.78. The van der Waals surface area contributed by atoms with Gasteiger partial charge in [-0.2, -0.15) is 0 Å². The minimum absolute atomic E-state index is 0.0166. The summed E-state index contributed by atoms with van der Waals surface area (Å²) in [7, 11) is 0. The number of halogens is 1. The number of rotatable bonds is 7. The summed E-state index contributed by atoms with van der Waals surface area (Å²) in [5.41, 5.74) is 2.10. The molecule has 138 valence electrons. The van der Waals surface area contributed by atoms with E-state index in [-0.39, 0.29) is 23.8 Å². The number of hydrogen-bond donors (Lipinski definition) is 1. The van der Waals surface area contributed by atoms with Gasteiger partial charge in [0.15, 0.2) is 0 Å². The number of hydrogen-bond acceptors (Lipinski definition) is 3. The Hall–Kier alpha value is -2.56. The maximum atomic E-state index is 14.3. The quantitative estimate of drug-likeness (QED) is 0.780. The van der Waals surface area contributed by atoms with Crippen molar-refractivity contribution in [3.8, 4) is 22.6 Å². The van der Waals surface area contributed by atoms with Crippen LogP contribution in [0.3, 0.4) is 0 Å². The van der Waals surface area contributed by atoms with Crippen LogP contribution in [0.1, 0.15) is 25.8 Å². The van der Waals surface area contributed by atoms with E-state index in [2.05, 4.69) is 0 Å². The molecule has 4 nitrogen and oxygen atoms in total. The van der Waals surface area contributed by atoms with Crippen molar-refractivity contribution in [1.29, 1.82) is 0 Å². The molecule has 2 atom stereocenters. The highest BCUT2D eigenvalue weighted by molar-refractivity contribution is 5.73. The number of carboxylic acid groups (broad SMARTS) is 1. The minimum Gasteiger partial charge on any atom is -0.493 e. The Morgan fingerprint density at radius 2 is 2.04 bits per heavy atom. The summed E-state index contributed by atoms with van der Waals surface area (Å²) in [6.07, 6.45) is 0.684. The van der Waals surface area contributed by atoms with Gasteiger partial charge in [0.25, 0.3) is 0 Å². The standard InChI is InChI=1S/C21H23FO4/c1-12(2)26-16-5-6-19(22)17(10-16)14-4-7-20(13(3)8-14)25-11-15-9-18(15)21(23)24/h4-8,10,12,15,18H,9,11H2,1-3H3,(H,23,24)/t15-,18+/m0/s1. The van der Waals surface area contributed by atoms with E-state index in [9.17, 15) is 9.18 Å². The lowest BCUT2D eigenvalue weighted by molar-refractivity contribution is -0.138. The molecule has 0 radical (unpaired) electrons. The second kappa shape index (κ2) is 7.36. The van der Waals surface area contributed by atoms with E-state index in [0.717, 1.165) is 11.1 Å². The average Bonchev–Trinajstić information content (AvgIpc) is 3.35. The molecule has 0 saturated heterocycles. The molecule has 3 rings (SSSR count). The van der Waals surface area contributed by atoms with E-state index >= 15 is 0 Å². The lowest BCUT2D eigenvalue weighted by Gasteiger charge is -2.13. The van der Waals surface area contributed by atoms with Crippen molar-refractivity contribution in [2.75, 3.05) is 6.61 Å². The number of aryl methyl sites for hydroxylation is 1. The van der Waals surface area contributed by atoms with Gasteiger partial charge in [0.05, 0.1) is 18.6 Å². The van der Waals surface area contributed by atoms with Crippen molar-refractivity contribution < 1.29 is 23.8 Å². The van der Waals surface area contributed by atoms with Crippen LogP contribution in [-0.2, 0) is 4.79 Å². The van der Waals surface area contributed by atoms with E-state index in [4.69, 9.17) is 14.6 Å². The molecule has 2 aromatic carbocycles. The molecule has 0 bridgehead atoms. The Kier molecular flexibility index (Phi) is 5.16. The van der Waals surface area contributed by atoms with Crippen molar-refractivity contribution in [3.05, 3.63) is 47.8 Å². The van der Waals surface area contributed by atoms with Gasteiger partial charge in [0.1, 0.15) is 17.3 Å². The van der Waals surface area contributed by atoms with E-state index < -0.39 is 5.97 Å². The van der Waals surface area contributed by atoms with Crippen LogP contribution < -0.4 is 9.47 Å². The van der Waals surface area contributed by atoms with Crippen LogP contribution >= 0.6 is 0 Å². The molecular formula is C21H23FO4. The number of carboxylic acids is 1. The zero-order valence-electron chi connectivity index (χ0n) is 15.2. The Labute approximate surface area is 152 Å². The molecule has 0 aromatic heterocycles. The zero-order chi connectivity index (χ0) is 18.8. The molecule has 1 aliphatic carbocycles. The van der Waals surface area contributed by atoms with Crippen molar-refractivity contribution in [2.45, 2.75) is 33.3 Å². The monoisotopic (exact) mass is 358 g/mol. The average molecular weight is 358 g/mol. The Balaban J connectivity index is 1.74. The minimum atomic E-state index is -0.760. The molecule has 1 aliphatic rings. The Morgan fingerprint density at radius 3 is 2.65 bits per heavy atom. The van der Waals surface area contributed by atoms with Crippen molar-refractivity contribution in [3.63, 3.8) is 0 Å². The molecule has 1 saturated carbocycles. The molecule has 1 fully saturated rings. The van der Waals surface area contributed by atoms with E-state index in [1.54, 1.807) is 18.2 Å². The first kappa shape index (κ1) is 18.2. The van der Waals surface area contributed by atoms with E-state index in [1.807, 2.05) is 32.9 Å². The normalized spacial score (nSPS) is 18.7. The number of benzene rings is 2. The predicted molar refractivity (Wildman–Crippen MR) is 97.1 cm³/mol. The van der Waals surface area contributed by atoms with E-state index in [1.165, 1.54) is 6.07 Å². The first-order chi connectivity index (χ1) is 12.3. The smallest absolute Gasteiger partial charge is 0.306 e. The van der Waals surface area contributed by atoms with Crippen molar-refractivity contribution >= 4 is 5.97 Å². The molecular weight excluding hydrogens is 335 g/mol. The molecule has 1 N–H and O–H groups in total. The van der Waals surface area contributed by atoms with E-state index in [0.29, 0.717) is 30.1 Å². The molecule has 0 amide bonds. The SMILES string of the molecule is Cc1cc(-c2cc(OC(C)C)ccc2F)ccc1OC[C@@H]1C[C@H]1C(=O)O. The Morgan fingerprint density at radius 1 is 1.27 bits per heavy atom. The summed E-state index contributed by atoms with van der Waals surface area (Å²) in [4.78, 5) is 10.9. The third kappa shape index (κ3) is 4.15. The summed E-state index contributed by atoms with van der Waals surface area (Å²) >= 11 is 0. The third-order valence-electron chi connectivity index (χ3n) is 4.49. The summed E-state index contributed by atoms with van der Waals surface area (Å²) in [5.74, 6) is 0.0463. The van der Waals surface area contributed by atoms with Crippen LogP contribution in [0.25, 0.3) is 11.1 Å². The number of ether oxygens (including phenoxy) is 2. The molecule has 2 aromatic rings. The topological polar surface area (TPSA) is 55.8 Å². The van der Waals surface area contributed by atoms with Gasteiger partial charge < -0.3 is 14.6 Å². The molecule has 0 aliphatic heterocycles. The largest absolute Gasteiger partial charge is 0.493 e. The van der Waals surface area contributed by atoms with Gasteiger partial charge in [-0.15, -0.1) is 0 Å². The van der Waals surface area contributed by atoms with Crippen LogP contribution in [0.2, 0.25) is 0 Å². The fraction of sp³-hybridized carbons (Fsp3) is 0.381. The second-order valence-corrected chi connectivity index (χ2v) is 7.04. The van der Waals surface area contributed by atoms with Gasteiger partial charge in [0.2, 0.25) is 0 Å². The zero-order valence-corrected chi connectivity index (χ0v) is 15.2. The third-order valence-corrected chi connectivity index (χ3v) is 4.49. The maximum Gasteiger partial charge on any atom is 0.306 e. The van der Waals surface area contributed by atoms with Gasteiger partial charge >= 0.3 is 5.97 Å². The lowest BCUT2D eigenvalue weighted by Crippen LogP contribution is -2.07. The highest BCUT2D eigenvalue weighted by Crippen LogP contribution is 2.39. The molecule has 0 spiro atoms. The summed E-state index contributed by atoms with van der Waals surface area (Å²) < 4.78 is 25.7. The van der Waals surface area contributed by atoms with Crippen molar-refractivity contribution in [1.82, 2.24) is 0 Å². The molecule has 5 heteroatoms. The lowest BCUT2D eigenvalue weighted by atomic mass is 10.0. The summed E-state index contributed by atoms with van der Waals surface area (Å²) in [6.45, 7) is 6.14. The fourth-order valence-electron chi connectivity index (χ4n) is 2.98. The molecule has 26 heavy (non-hydrogen) atoms. The second-order valence-electron chi connectivity index (χ2n) is 7.04. The van der Waals surface area contributed by atoms with Crippen LogP contribution in [0, 0.1) is 24.6 Å². The summed E-state index contributed by atoms with van der Waals surface area (Å²) in [6, 6.07) is 10.2. The van der Waals surface area contributed by atoms with Crippen LogP contribution in [-0.4, -0.2) is 23.8 Å². The van der Waals surface area contributed by atoms with Gasteiger partial charge in [-0.25, -0.2) is 4.39 Å². The molecule has 0 heterocycles. The highest BCUT2D eigenvalue weighted by Gasteiger charge is 2.43.